The normalized spacial score (nSPS) is 21.0. The monoisotopic (exact) mass is 310 g/mol. The molecule has 0 fully saturated rings. The molecule has 0 bridgehead atoms. The first-order chi connectivity index (χ1) is 10.0. The predicted octanol–water partition coefficient (Wildman–Crippen LogP) is 3.49. The maximum atomic E-state index is 13.6. The van der Waals surface area contributed by atoms with E-state index in [0.717, 1.165) is 17.2 Å². The van der Waals surface area contributed by atoms with Gasteiger partial charge in [-0.05, 0) is 18.1 Å². The number of thioether (sulfide) groups is 1. The molecule has 0 aliphatic carbocycles. The third kappa shape index (κ3) is 3.69. The second-order valence-electron chi connectivity index (χ2n) is 4.85. The molecule has 0 aromatic heterocycles. The summed E-state index contributed by atoms with van der Waals surface area (Å²) in [5.74, 6) is -1.46. The van der Waals surface area contributed by atoms with Crippen molar-refractivity contribution >= 4 is 28.4 Å². The van der Waals surface area contributed by atoms with E-state index < -0.39 is 17.6 Å². The Morgan fingerprint density at radius 2 is 2.33 bits per heavy atom. The Morgan fingerprint density at radius 1 is 1.57 bits per heavy atom. The van der Waals surface area contributed by atoms with Gasteiger partial charge in [0, 0.05) is 18.4 Å². The summed E-state index contributed by atoms with van der Waals surface area (Å²) >= 11 is 1.46. The van der Waals surface area contributed by atoms with Crippen LogP contribution in [0, 0.1) is 23.5 Å². The number of nitrogens with zero attached hydrogens (tertiary/aromatic N) is 1. The molecular weight excluding hydrogens is 294 g/mol. The summed E-state index contributed by atoms with van der Waals surface area (Å²) < 4.78 is 26.5. The molecule has 1 aromatic rings. The highest BCUT2D eigenvalue weighted by Gasteiger charge is 2.34. The van der Waals surface area contributed by atoms with Gasteiger partial charge in [-0.2, -0.15) is 0 Å². The number of halogens is 2. The lowest BCUT2D eigenvalue weighted by molar-refractivity contribution is -0.118. The summed E-state index contributed by atoms with van der Waals surface area (Å²) in [6.45, 7) is 6.14. The second kappa shape index (κ2) is 6.85. The Morgan fingerprint density at radius 3 is 3.00 bits per heavy atom. The molecule has 0 saturated heterocycles. The van der Waals surface area contributed by atoms with Crippen molar-refractivity contribution in [1.82, 2.24) is 0 Å². The molecule has 1 aromatic carbocycles. The minimum absolute atomic E-state index is 0.0198. The van der Waals surface area contributed by atoms with Crippen LogP contribution in [0.5, 0.6) is 0 Å². The van der Waals surface area contributed by atoms with Crippen molar-refractivity contribution in [3.63, 3.8) is 0 Å². The third-order valence-electron chi connectivity index (χ3n) is 3.19. The molecule has 2 rings (SSSR count). The maximum Gasteiger partial charge on any atom is 0.234 e. The smallest absolute Gasteiger partial charge is 0.234 e. The molecule has 1 amide bonds. The topological polar surface area (TPSA) is 41.5 Å². The fourth-order valence-electron chi connectivity index (χ4n) is 2.13. The van der Waals surface area contributed by atoms with E-state index in [1.165, 1.54) is 17.8 Å². The largest absolute Gasteiger partial charge is 0.323 e. The minimum Gasteiger partial charge on any atom is -0.323 e. The number of benzene rings is 1. The zero-order valence-corrected chi connectivity index (χ0v) is 12.4. The summed E-state index contributed by atoms with van der Waals surface area (Å²) in [6, 6.07) is 3.07. The molecule has 1 aliphatic rings. The van der Waals surface area contributed by atoms with Crippen LogP contribution in [0.4, 0.5) is 14.5 Å². The van der Waals surface area contributed by atoms with Gasteiger partial charge in [0.15, 0.2) is 0 Å². The van der Waals surface area contributed by atoms with E-state index in [4.69, 9.17) is 0 Å². The van der Waals surface area contributed by atoms with E-state index in [-0.39, 0.29) is 17.5 Å². The minimum atomic E-state index is -0.786. The van der Waals surface area contributed by atoms with Gasteiger partial charge in [0.1, 0.15) is 11.6 Å². The van der Waals surface area contributed by atoms with Crippen molar-refractivity contribution in [2.75, 3.05) is 17.6 Å². The fraction of sp³-hybridized carbons (Fsp3) is 0.333. The van der Waals surface area contributed by atoms with Gasteiger partial charge in [-0.1, -0.05) is 13.0 Å². The van der Waals surface area contributed by atoms with E-state index in [1.54, 1.807) is 6.08 Å². The van der Waals surface area contributed by atoms with Crippen molar-refractivity contribution in [2.24, 2.45) is 16.8 Å². The number of anilines is 1. The van der Waals surface area contributed by atoms with Crippen LogP contribution in [0.1, 0.15) is 6.92 Å². The lowest BCUT2D eigenvalue weighted by atomic mass is 9.97. The summed E-state index contributed by atoms with van der Waals surface area (Å²) in [7, 11) is 0. The third-order valence-corrected chi connectivity index (χ3v) is 4.27. The average Bonchev–Trinajstić information content (AvgIpc) is 2.80. The first kappa shape index (κ1) is 15.7. The van der Waals surface area contributed by atoms with Gasteiger partial charge in [0.05, 0.1) is 16.6 Å². The summed E-state index contributed by atoms with van der Waals surface area (Å²) in [5, 5.41) is 3.25. The van der Waals surface area contributed by atoms with Crippen LogP contribution in [0.25, 0.3) is 0 Å². The lowest BCUT2D eigenvalue weighted by Gasteiger charge is -2.17. The zero-order chi connectivity index (χ0) is 15.4. The van der Waals surface area contributed by atoms with Crippen molar-refractivity contribution in [3.8, 4) is 0 Å². The van der Waals surface area contributed by atoms with Gasteiger partial charge in [0.2, 0.25) is 5.91 Å². The van der Waals surface area contributed by atoms with Crippen LogP contribution >= 0.6 is 11.8 Å². The Kier molecular flexibility index (Phi) is 5.12. The first-order valence-corrected chi connectivity index (χ1v) is 7.55. The van der Waals surface area contributed by atoms with E-state index in [1.807, 2.05) is 6.92 Å². The molecule has 2 unspecified atom stereocenters. The number of aliphatic imine (C=N–C) groups is 1. The van der Waals surface area contributed by atoms with Crippen LogP contribution in [-0.4, -0.2) is 23.2 Å². The molecule has 0 spiro atoms. The zero-order valence-electron chi connectivity index (χ0n) is 11.6. The van der Waals surface area contributed by atoms with Crippen molar-refractivity contribution in [2.45, 2.75) is 6.92 Å². The molecule has 0 radical (unpaired) electrons. The molecular formula is C15H16F2N2OS. The molecule has 1 heterocycles. The standard InChI is InChI=1S/C15H16F2N2OS/c1-3-6-21-15-13(9(2)8-18-15)14(20)19-12-5-4-10(16)7-11(12)17/h3-5,7,9,13H,1,6,8H2,2H3,(H,19,20). The van der Waals surface area contributed by atoms with Crippen LogP contribution in [-0.2, 0) is 4.79 Å². The first-order valence-electron chi connectivity index (χ1n) is 6.57. The van der Waals surface area contributed by atoms with Crippen molar-refractivity contribution < 1.29 is 13.6 Å². The Bertz CT molecular complexity index is 589. The Labute approximate surface area is 126 Å². The molecule has 112 valence electrons. The van der Waals surface area contributed by atoms with E-state index in [9.17, 15) is 13.6 Å². The predicted molar refractivity (Wildman–Crippen MR) is 82.6 cm³/mol. The van der Waals surface area contributed by atoms with Crippen molar-refractivity contribution in [1.29, 1.82) is 0 Å². The van der Waals surface area contributed by atoms with Gasteiger partial charge in [-0.3, -0.25) is 9.79 Å². The van der Waals surface area contributed by atoms with Crippen LogP contribution < -0.4 is 5.32 Å². The molecule has 6 heteroatoms. The number of hydrogen-bond donors (Lipinski definition) is 1. The lowest BCUT2D eigenvalue weighted by Crippen LogP contribution is -2.31. The van der Waals surface area contributed by atoms with Gasteiger partial charge in [-0.15, -0.1) is 18.3 Å². The SMILES string of the molecule is C=CCSC1=NCC(C)C1C(=O)Nc1ccc(F)cc1F. The van der Waals surface area contributed by atoms with Gasteiger partial charge < -0.3 is 5.32 Å². The fourth-order valence-corrected chi connectivity index (χ4v) is 3.11. The molecule has 1 aliphatic heterocycles. The second-order valence-corrected chi connectivity index (χ2v) is 5.89. The van der Waals surface area contributed by atoms with Crippen molar-refractivity contribution in [3.05, 3.63) is 42.5 Å². The maximum absolute atomic E-state index is 13.6. The van der Waals surface area contributed by atoms with Crippen LogP contribution in [0.15, 0.2) is 35.8 Å². The van der Waals surface area contributed by atoms with E-state index in [2.05, 4.69) is 16.9 Å². The van der Waals surface area contributed by atoms with Gasteiger partial charge >= 0.3 is 0 Å². The summed E-state index contributed by atoms with van der Waals surface area (Å²) in [4.78, 5) is 16.7. The van der Waals surface area contributed by atoms with E-state index in [0.29, 0.717) is 12.3 Å². The number of amides is 1. The Hall–Kier alpha value is -1.69. The molecule has 1 N–H and O–H groups in total. The van der Waals surface area contributed by atoms with E-state index >= 15 is 0 Å². The number of rotatable bonds is 4. The quantitative estimate of drug-likeness (QED) is 0.865. The number of carbonyl (C=O) groups is 1. The molecule has 0 saturated carbocycles. The molecule has 2 atom stereocenters. The highest BCUT2D eigenvalue weighted by atomic mass is 32.2. The number of hydrogen-bond acceptors (Lipinski definition) is 3. The summed E-state index contributed by atoms with van der Waals surface area (Å²) in [6.07, 6.45) is 1.74. The average molecular weight is 310 g/mol. The molecule has 3 nitrogen and oxygen atoms in total. The highest BCUT2D eigenvalue weighted by Crippen LogP contribution is 2.29. The number of carbonyl (C=O) groups excluding carboxylic acids is 1. The summed E-state index contributed by atoms with van der Waals surface area (Å²) in [5.41, 5.74) is -0.0198. The van der Waals surface area contributed by atoms with Gasteiger partial charge in [0.25, 0.3) is 0 Å². The van der Waals surface area contributed by atoms with Crippen LogP contribution in [0.2, 0.25) is 0 Å². The van der Waals surface area contributed by atoms with Crippen LogP contribution in [0.3, 0.4) is 0 Å². The highest BCUT2D eigenvalue weighted by molar-refractivity contribution is 8.14. The number of nitrogens with one attached hydrogen (secondary N) is 1. The Balaban J connectivity index is 2.11. The molecule has 21 heavy (non-hydrogen) atoms. The van der Waals surface area contributed by atoms with Gasteiger partial charge in [-0.25, -0.2) is 8.78 Å².